The lowest BCUT2D eigenvalue weighted by molar-refractivity contribution is -0.0441. The Hall–Kier alpha value is -1.59. The molecule has 1 aromatic rings. The Morgan fingerprint density at radius 3 is 2.44 bits per heavy atom. The van der Waals surface area contributed by atoms with Crippen LogP contribution in [0.4, 0.5) is 4.79 Å². The van der Waals surface area contributed by atoms with Crippen molar-refractivity contribution in [1.82, 2.24) is 9.80 Å². The van der Waals surface area contributed by atoms with Gasteiger partial charge in [-0.05, 0) is 32.3 Å². The number of piperazine rings is 1. The SMILES string of the molecule is CC(C)C(O)C1CN(Cc2ccccc2)CCN1C(=O)OC(C)(C)C. The van der Waals surface area contributed by atoms with E-state index in [0.717, 1.165) is 13.1 Å². The molecule has 5 heteroatoms. The molecule has 2 atom stereocenters. The highest BCUT2D eigenvalue weighted by molar-refractivity contribution is 5.69. The van der Waals surface area contributed by atoms with Crippen molar-refractivity contribution >= 4 is 6.09 Å². The standard InChI is InChI=1S/C20H32N2O3/c1-15(2)18(23)17-14-21(13-16-9-7-6-8-10-16)11-12-22(17)19(24)25-20(3,4)5/h6-10,15,17-18,23H,11-14H2,1-5H3. The zero-order valence-electron chi connectivity index (χ0n) is 16.1. The molecule has 0 saturated carbocycles. The Morgan fingerprint density at radius 1 is 1.24 bits per heavy atom. The highest BCUT2D eigenvalue weighted by atomic mass is 16.6. The Labute approximate surface area is 151 Å². The summed E-state index contributed by atoms with van der Waals surface area (Å²) in [5, 5.41) is 10.7. The first-order valence-corrected chi connectivity index (χ1v) is 9.11. The fourth-order valence-electron chi connectivity index (χ4n) is 3.14. The van der Waals surface area contributed by atoms with E-state index in [0.29, 0.717) is 13.1 Å². The van der Waals surface area contributed by atoms with E-state index in [1.807, 2.05) is 52.8 Å². The zero-order chi connectivity index (χ0) is 18.6. The number of aliphatic hydroxyl groups excluding tert-OH is 1. The topological polar surface area (TPSA) is 53.0 Å². The second kappa shape index (κ2) is 8.19. The number of carbonyl (C=O) groups is 1. The summed E-state index contributed by atoms with van der Waals surface area (Å²) < 4.78 is 5.55. The minimum absolute atomic E-state index is 0.0756. The predicted octanol–water partition coefficient (Wildman–Crippen LogP) is 3.12. The number of ether oxygens (including phenoxy) is 1. The number of hydrogen-bond donors (Lipinski definition) is 1. The maximum Gasteiger partial charge on any atom is 0.410 e. The smallest absolute Gasteiger partial charge is 0.410 e. The third-order valence-electron chi connectivity index (χ3n) is 4.46. The highest BCUT2D eigenvalue weighted by Gasteiger charge is 2.38. The second-order valence-corrected chi connectivity index (χ2v) is 8.20. The number of rotatable bonds is 4. The predicted molar refractivity (Wildman–Crippen MR) is 99.3 cm³/mol. The third-order valence-corrected chi connectivity index (χ3v) is 4.46. The Bertz CT molecular complexity index is 554. The molecule has 25 heavy (non-hydrogen) atoms. The van der Waals surface area contributed by atoms with Gasteiger partial charge in [-0.3, -0.25) is 4.90 Å². The van der Waals surface area contributed by atoms with Gasteiger partial charge in [0, 0.05) is 26.2 Å². The van der Waals surface area contributed by atoms with Gasteiger partial charge in [0.05, 0.1) is 12.1 Å². The summed E-state index contributed by atoms with van der Waals surface area (Å²) in [5.41, 5.74) is 0.706. The molecule has 1 heterocycles. The van der Waals surface area contributed by atoms with Gasteiger partial charge < -0.3 is 14.7 Å². The first-order chi connectivity index (χ1) is 11.7. The van der Waals surface area contributed by atoms with Crippen LogP contribution in [0.1, 0.15) is 40.2 Å². The second-order valence-electron chi connectivity index (χ2n) is 8.20. The Kier molecular flexibility index (Phi) is 6.47. The van der Waals surface area contributed by atoms with Crippen LogP contribution in [0.15, 0.2) is 30.3 Å². The van der Waals surface area contributed by atoms with Gasteiger partial charge >= 0.3 is 6.09 Å². The number of carbonyl (C=O) groups excluding carboxylic acids is 1. The number of hydrogen-bond acceptors (Lipinski definition) is 4. The van der Waals surface area contributed by atoms with E-state index in [4.69, 9.17) is 4.74 Å². The van der Waals surface area contributed by atoms with Crippen LogP contribution in [-0.2, 0) is 11.3 Å². The maximum absolute atomic E-state index is 12.6. The lowest BCUT2D eigenvalue weighted by Gasteiger charge is -2.44. The van der Waals surface area contributed by atoms with Crippen LogP contribution in [0, 0.1) is 5.92 Å². The van der Waals surface area contributed by atoms with Crippen molar-refractivity contribution in [2.75, 3.05) is 19.6 Å². The molecule has 0 aromatic heterocycles. The summed E-state index contributed by atoms with van der Waals surface area (Å²) in [4.78, 5) is 16.6. The van der Waals surface area contributed by atoms with Crippen molar-refractivity contribution in [1.29, 1.82) is 0 Å². The highest BCUT2D eigenvalue weighted by Crippen LogP contribution is 2.22. The van der Waals surface area contributed by atoms with Crippen LogP contribution in [0.2, 0.25) is 0 Å². The Morgan fingerprint density at radius 2 is 1.88 bits per heavy atom. The molecule has 5 nitrogen and oxygen atoms in total. The average molecular weight is 348 g/mol. The molecule has 1 aliphatic heterocycles. The lowest BCUT2D eigenvalue weighted by Crippen LogP contribution is -2.60. The van der Waals surface area contributed by atoms with Crippen molar-refractivity contribution in [3.05, 3.63) is 35.9 Å². The van der Waals surface area contributed by atoms with Crippen molar-refractivity contribution in [2.24, 2.45) is 5.92 Å². The molecule has 1 fully saturated rings. The van der Waals surface area contributed by atoms with Crippen LogP contribution in [-0.4, -0.2) is 58.4 Å². The summed E-state index contributed by atoms with van der Waals surface area (Å²) in [6.07, 6.45) is -0.914. The third kappa shape index (κ3) is 5.72. The van der Waals surface area contributed by atoms with E-state index >= 15 is 0 Å². The average Bonchev–Trinajstić information content (AvgIpc) is 2.53. The van der Waals surface area contributed by atoms with Gasteiger partial charge in [0.1, 0.15) is 5.60 Å². The molecule has 140 valence electrons. The van der Waals surface area contributed by atoms with Crippen molar-refractivity contribution < 1.29 is 14.6 Å². The number of benzene rings is 1. The largest absolute Gasteiger partial charge is 0.444 e. The molecule has 1 N–H and O–H groups in total. The molecular formula is C20H32N2O3. The molecule has 2 unspecified atom stereocenters. The summed E-state index contributed by atoms with van der Waals surface area (Å²) in [5.74, 6) is 0.0756. The van der Waals surface area contributed by atoms with E-state index < -0.39 is 11.7 Å². The summed E-state index contributed by atoms with van der Waals surface area (Å²) in [6, 6.07) is 10.0. The van der Waals surface area contributed by atoms with E-state index in [-0.39, 0.29) is 18.1 Å². The lowest BCUT2D eigenvalue weighted by atomic mass is 9.96. The molecule has 1 aromatic carbocycles. The van der Waals surface area contributed by atoms with Gasteiger partial charge in [-0.1, -0.05) is 44.2 Å². The van der Waals surface area contributed by atoms with Crippen LogP contribution in [0.25, 0.3) is 0 Å². The fourth-order valence-corrected chi connectivity index (χ4v) is 3.14. The summed E-state index contributed by atoms with van der Waals surface area (Å²) >= 11 is 0. The van der Waals surface area contributed by atoms with E-state index in [1.165, 1.54) is 5.56 Å². The molecular weight excluding hydrogens is 316 g/mol. The van der Waals surface area contributed by atoms with Crippen LogP contribution < -0.4 is 0 Å². The van der Waals surface area contributed by atoms with Crippen LogP contribution >= 0.6 is 0 Å². The molecule has 0 bridgehead atoms. The maximum atomic E-state index is 12.6. The number of nitrogens with zero attached hydrogens (tertiary/aromatic N) is 2. The van der Waals surface area contributed by atoms with Gasteiger partial charge in [0.15, 0.2) is 0 Å². The first-order valence-electron chi connectivity index (χ1n) is 9.11. The van der Waals surface area contributed by atoms with Gasteiger partial charge in [-0.15, -0.1) is 0 Å². The number of amides is 1. The minimum atomic E-state index is -0.578. The van der Waals surface area contributed by atoms with Crippen molar-refractivity contribution in [2.45, 2.75) is 58.9 Å². The molecule has 0 radical (unpaired) electrons. The summed E-state index contributed by atoms with van der Waals surface area (Å²) in [7, 11) is 0. The molecule has 2 rings (SSSR count). The first kappa shape index (κ1) is 19.7. The van der Waals surface area contributed by atoms with Gasteiger partial charge in [-0.2, -0.15) is 0 Å². The molecule has 0 spiro atoms. The van der Waals surface area contributed by atoms with Gasteiger partial charge in [0.2, 0.25) is 0 Å². The van der Waals surface area contributed by atoms with E-state index in [2.05, 4.69) is 17.0 Å². The van der Waals surface area contributed by atoms with Gasteiger partial charge in [0.25, 0.3) is 0 Å². The van der Waals surface area contributed by atoms with Gasteiger partial charge in [-0.25, -0.2) is 4.79 Å². The minimum Gasteiger partial charge on any atom is -0.444 e. The van der Waals surface area contributed by atoms with E-state index in [1.54, 1.807) is 4.90 Å². The normalized spacial score (nSPS) is 20.6. The molecule has 0 aliphatic carbocycles. The Balaban J connectivity index is 2.10. The summed E-state index contributed by atoms with van der Waals surface area (Å²) in [6.45, 7) is 12.4. The molecule has 1 aliphatic rings. The quantitative estimate of drug-likeness (QED) is 0.908. The molecule has 1 saturated heterocycles. The van der Waals surface area contributed by atoms with Crippen molar-refractivity contribution in [3.8, 4) is 0 Å². The number of aliphatic hydroxyl groups is 1. The molecule has 1 amide bonds. The van der Waals surface area contributed by atoms with Crippen molar-refractivity contribution in [3.63, 3.8) is 0 Å². The van der Waals surface area contributed by atoms with Crippen LogP contribution in [0.3, 0.4) is 0 Å². The zero-order valence-corrected chi connectivity index (χ0v) is 16.1. The monoisotopic (exact) mass is 348 g/mol. The van der Waals surface area contributed by atoms with Crippen LogP contribution in [0.5, 0.6) is 0 Å². The van der Waals surface area contributed by atoms with E-state index in [9.17, 15) is 9.90 Å². The fraction of sp³-hybridized carbons (Fsp3) is 0.650.